The fraction of sp³-hybridized carbons (Fsp3) is 0. The second-order valence-electron chi connectivity index (χ2n) is 3.68. The molecule has 0 spiro atoms. The average molecular weight is 244 g/mol. The zero-order valence-electron chi connectivity index (χ0n) is 9.46. The van der Waals surface area contributed by atoms with Crippen LogP contribution < -0.4 is 16.6 Å². The molecule has 0 saturated heterocycles. The van der Waals surface area contributed by atoms with Crippen LogP contribution >= 0.6 is 0 Å². The van der Waals surface area contributed by atoms with Crippen molar-refractivity contribution in [1.29, 1.82) is 0 Å². The minimum atomic E-state index is -0.433. The Hall–Kier alpha value is -2.76. The van der Waals surface area contributed by atoms with Gasteiger partial charge in [-0.1, -0.05) is 0 Å². The van der Waals surface area contributed by atoms with Gasteiger partial charge >= 0.3 is 0 Å². The normalized spacial score (nSPS) is 9.78. The lowest BCUT2D eigenvalue weighted by atomic mass is 10.3. The average Bonchev–Trinajstić information content (AvgIpc) is 2.38. The van der Waals surface area contributed by atoms with Crippen molar-refractivity contribution in [3.8, 4) is 0 Å². The zero-order chi connectivity index (χ0) is 13.0. The Labute approximate surface area is 104 Å². The van der Waals surface area contributed by atoms with Crippen molar-refractivity contribution in [3.63, 3.8) is 0 Å². The van der Waals surface area contributed by atoms with Crippen LogP contribution in [0.15, 0.2) is 48.5 Å². The van der Waals surface area contributed by atoms with E-state index in [1.807, 2.05) is 12.1 Å². The maximum absolute atomic E-state index is 10.5. The van der Waals surface area contributed by atoms with E-state index in [1.54, 1.807) is 24.3 Å². The van der Waals surface area contributed by atoms with Gasteiger partial charge in [-0.2, -0.15) is 0 Å². The predicted octanol–water partition coefficient (Wildman–Crippen LogP) is 2.62. The summed E-state index contributed by atoms with van der Waals surface area (Å²) >= 11 is 0. The molecular weight excluding hydrogens is 232 g/mol. The van der Waals surface area contributed by atoms with Gasteiger partial charge in [0.15, 0.2) is 0 Å². The van der Waals surface area contributed by atoms with E-state index >= 15 is 0 Å². The van der Waals surface area contributed by atoms with Crippen molar-refractivity contribution in [3.05, 3.63) is 58.6 Å². The topological polar surface area (TPSA) is 93.2 Å². The Kier molecular flexibility index (Phi) is 3.29. The third-order valence-electron chi connectivity index (χ3n) is 2.34. The molecule has 0 saturated carbocycles. The zero-order valence-corrected chi connectivity index (χ0v) is 9.46. The minimum Gasteiger partial charge on any atom is -0.399 e. The summed E-state index contributed by atoms with van der Waals surface area (Å²) in [5.74, 6) is 0. The summed E-state index contributed by atoms with van der Waals surface area (Å²) in [6.45, 7) is 0. The van der Waals surface area contributed by atoms with Crippen molar-refractivity contribution in [1.82, 2.24) is 0 Å². The van der Waals surface area contributed by atoms with Crippen LogP contribution in [0.5, 0.6) is 0 Å². The van der Waals surface area contributed by atoms with Gasteiger partial charge in [-0.05, 0) is 36.4 Å². The van der Waals surface area contributed by atoms with Crippen LogP contribution in [0.25, 0.3) is 0 Å². The maximum Gasteiger partial charge on any atom is 0.269 e. The Balaban J connectivity index is 1.97. The van der Waals surface area contributed by atoms with Gasteiger partial charge < -0.3 is 16.6 Å². The quantitative estimate of drug-likeness (QED) is 0.436. The van der Waals surface area contributed by atoms with Gasteiger partial charge in [0.25, 0.3) is 5.69 Å². The number of anilines is 3. The molecule has 92 valence electrons. The number of nitro benzene ring substituents is 1. The van der Waals surface area contributed by atoms with Crippen molar-refractivity contribution >= 4 is 22.7 Å². The molecule has 18 heavy (non-hydrogen) atoms. The van der Waals surface area contributed by atoms with Gasteiger partial charge in [-0.25, -0.2) is 0 Å². The number of hydrogen-bond donors (Lipinski definition) is 3. The number of hydrazine groups is 1. The molecule has 0 aromatic heterocycles. The van der Waals surface area contributed by atoms with Crippen molar-refractivity contribution < 1.29 is 4.92 Å². The number of nitrogens with one attached hydrogen (secondary N) is 2. The van der Waals surface area contributed by atoms with Crippen LogP contribution in [0, 0.1) is 10.1 Å². The fourth-order valence-electron chi connectivity index (χ4n) is 1.38. The largest absolute Gasteiger partial charge is 0.399 e. The van der Waals surface area contributed by atoms with E-state index in [4.69, 9.17) is 5.73 Å². The first kappa shape index (κ1) is 11.7. The molecule has 0 radical (unpaired) electrons. The molecule has 0 aliphatic heterocycles. The van der Waals surface area contributed by atoms with Crippen molar-refractivity contribution in [2.75, 3.05) is 16.6 Å². The van der Waals surface area contributed by atoms with E-state index in [0.717, 1.165) is 11.4 Å². The SMILES string of the molecule is Nc1ccc(NNc2ccc([N+](=O)[O-])cc2)cc1. The monoisotopic (exact) mass is 244 g/mol. The number of rotatable bonds is 4. The predicted molar refractivity (Wildman–Crippen MR) is 71.2 cm³/mol. The molecule has 0 aliphatic rings. The summed E-state index contributed by atoms with van der Waals surface area (Å²) in [6, 6.07) is 13.3. The second-order valence-corrected chi connectivity index (χ2v) is 3.68. The third-order valence-corrected chi connectivity index (χ3v) is 2.34. The highest BCUT2D eigenvalue weighted by molar-refractivity contribution is 5.56. The number of nitrogens with two attached hydrogens (primary N) is 1. The van der Waals surface area contributed by atoms with E-state index in [-0.39, 0.29) is 5.69 Å². The highest BCUT2D eigenvalue weighted by Gasteiger charge is 2.03. The van der Waals surface area contributed by atoms with E-state index in [2.05, 4.69) is 10.9 Å². The summed E-state index contributed by atoms with van der Waals surface area (Å²) in [5, 5.41) is 10.5. The number of nitrogen functional groups attached to an aromatic ring is 1. The molecule has 4 N–H and O–H groups in total. The molecule has 0 atom stereocenters. The summed E-state index contributed by atoms with van der Waals surface area (Å²) in [5.41, 5.74) is 13.8. The van der Waals surface area contributed by atoms with Crippen LogP contribution in [0.1, 0.15) is 0 Å². The number of nitro groups is 1. The van der Waals surface area contributed by atoms with Crippen LogP contribution in [0.4, 0.5) is 22.7 Å². The Morgan fingerprint density at radius 2 is 1.33 bits per heavy atom. The molecule has 6 nitrogen and oxygen atoms in total. The summed E-state index contributed by atoms with van der Waals surface area (Å²) in [4.78, 5) is 10.0. The molecule has 0 amide bonds. The molecule has 6 heteroatoms. The summed E-state index contributed by atoms with van der Waals surface area (Å²) in [7, 11) is 0. The minimum absolute atomic E-state index is 0.0630. The molecule has 0 bridgehead atoms. The molecule has 0 heterocycles. The van der Waals surface area contributed by atoms with Gasteiger partial charge in [0.2, 0.25) is 0 Å². The van der Waals surface area contributed by atoms with Gasteiger partial charge in [0, 0.05) is 17.8 Å². The lowest BCUT2D eigenvalue weighted by Gasteiger charge is -2.09. The second kappa shape index (κ2) is 5.05. The highest BCUT2D eigenvalue weighted by atomic mass is 16.6. The molecule has 0 aliphatic carbocycles. The molecular formula is C12H12N4O2. The van der Waals surface area contributed by atoms with Crippen LogP contribution in [0.2, 0.25) is 0 Å². The van der Waals surface area contributed by atoms with Gasteiger partial charge in [-0.3, -0.25) is 10.1 Å². The number of nitrogens with zero attached hydrogens (tertiary/aromatic N) is 1. The standard InChI is InChI=1S/C12H12N4O2/c13-9-1-3-10(4-2-9)14-15-11-5-7-12(8-6-11)16(17)18/h1-8,14-15H,13H2. The first-order valence-corrected chi connectivity index (χ1v) is 5.27. The first-order chi connectivity index (χ1) is 8.65. The van der Waals surface area contributed by atoms with Gasteiger partial charge in [-0.15, -0.1) is 0 Å². The number of non-ortho nitro benzene ring substituents is 1. The number of hydrogen-bond acceptors (Lipinski definition) is 5. The summed E-state index contributed by atoms with van der Waals surface area (Å²) in [6.07, 6.45) is 0. The Bertz CT molecular complexity index is 537. The lowest BCUT2D eigenvalue weighted by molar-refractivity contribution is -0.384. The van der Waals surface area contributed by atoms with Crippen LogP contribution in [0.3, 0.4) is 0 Å². The molecule has 2 aromatic rings. The maximum atomic E-state index is 10.5. The molecule has 2 rings (SSSR count). The van der Waals surface area contributed by atoms with E-state index < -0.39 is 4.92 Å². The smallest absolute Gasteiger partial charge is 0.269 e. The van der Waals surface area contributed by atoms with Gasteiger partial charge in [0.05, 0.1) is 16.3 Å². The summed E-state index contributed by atoms with van der Waals surface area (Å²) < 4.78 is 0. The van der Waals surface area contributed by atoms with Gasteiger partial charge in [0.1, 0.15) is 0 Å². The molecule has 2 aromatic carbocycles. The van der Waals surface area contributed by atoms with E-state index in [9.17, 15) is 10.1 Å². The first-order valence-electron chi connectivity index (χ1n) is 5.27. The molecule has 0 unspecified atom stereocenters. The Morgan fingerprint density at radius 3 is 1.78 bits per heavy atom. The van der Waals surface area contributed by atoms with Crippen LogP contribution in [-0.4, -0.2) is 4.92 Å². The Morgan fingerprint density at radius 1 is 0.889 bits per heavy atom. The molecule has 0 fully saturated rings. The fourth-order valence-corrected chi connectivity index (χ4v) is 1.38. The van der Waals surface area contributed by atoms with Crippen LogP contribution in [-0.2, 0) is 0 Å². The lowest BCUT2D eigenvalue weighted by Crippen LogP contribution is -2.08. The highest BCUT2D eigenvalue weighted by Crippen LogP contribution is 2.16. The third kappa shape index (κ3) is 2.88. The van der Waals surface area contributed by atoms with E-state index in [0.29, 0.717) is 5.69 Å². The van der Waals surface area contributed by atoms with Crippen molar-refractivity contribution in [2.24, 2.45) is 0 Å². The van der Waals surface area contributed by atoms with Crippen molar-refractivity contribution in [2.45, 2.75) is 0 Å². The van der Waals surface area contributed by atoms with E-state index in [1.165, 1.54) is 12.1 Å². The number of benzene rings is 2.